The van der Waals surface area contributed by atoms with Crippen molar-refractivity contribution in [1.82, 2.24) is 4.90 Å². The van der Waals surface area contributed by atoms with Crippen LogP contribution in [0.2, 0.25) is 0 Å². The van der Waals surface area contributed by atoms with Crippen molar-refractivity contribution in [2.45, 2.75) is 26.4 Å². The van der Waals surface area contributed by atoms with Crippen LogP contribution in [0.5, 0.6) is 0 Å². The Bertz CT molecular complexity index is 114. The van der Waals surface area contributed by atoms with Crippen LogP contribution in [0.3, 0.4) is 0 Å². The van der Waals surface area contributed by atoms with Crippen LogP contribution in [0.25, 0.3) is 0 Å². The number of likely N-dealkylation sites (N-methyl/N-ethyl adjacent to an activating group) is 1. The van der Waals surface area contributed by atoms with Crippen molar-refractivity contribution in [2.24, 2.45) is 5.92 Å². The zero-order chi connectivity index (χ0) is 8.27. The molecule has 0 saturated carbocycles. The quantitative estimate of drug-likeness (QED) is 0.570. The van der Waals surface area contributed by atoms with Crippen molar-refractivity contribution in [3.8, 4) is 0 Å². The van der Waals surface area contributed by atoms with E-state index in [1.165, 1.54) is 13.0 Å². The molecule has 0 aromatic rings. The molecule has 2 nitrogen and oxygen atoms in total. The molecule has 1 rings (SSSR count). The minimum atomic E-state index is 0.447. The van der Waals surface area contributed by atoms with E-state index in [1.54, 1.807) is 0 Å². The van der Waals surface area contributed by atoms with E-state index in [0.29, 0.717) is 12.0 Å². The molecule has 0 aromatic heterocycles. The lowest BCUT2D eigenvalue weighted by atomic mass is 10.1. The Morgan fingerprint density at radius 1 is 1.45 bits per heavy atom. The Hall–Kier alpha value is -0.0800. The second-order valence-electron chi connectivity index (χ2n) is 3.77. The van der Waals surface area contributed by atoms with Crippen molar-refractivity contribution in [2.75, 3.05) is 26.7 Å². The van der Waals surface area contributed by atoms with Crippen molar-refractivity contribution >= 4 is 0 Å². The molecule has 0 unspecified atom stereocenters. The van der Waals surface area contributed by atoms with Gasteiger partial charge in [-0.2, -0.15) is 0 Å². The summed E-state index contributed by atoms with van der Waals surface area (Å²) < 4.78 is 5.69. The first kappa shape index (κ1) is 9.01. The molecule has 0 bridgehead atoms. The predicted molar refractivity (Wildman–Crippen MR) is 46.7 cm³/mol. The van der Waals surface area contributed by atoms with Gasteiger partial charge in [0, 0.05) is 19.7 Å². The third-order valence-corrected chi connectivity index (χ3v) is 2.25. The highest BCUT2D eigenvalue weighted by Gasteiger charge is 2.18. The molecule has 1 atom stereocenters. The van der Waals surface area contributed by atoms with Crippen LogP contribution < -0.4 is 0 Å². The summed E-state index contributed by atoms with van der Waals surface area (Å²) in [4.78, 5) is 2.36. The molecule has 1 saturated heterocycles. The molecule has 0 spiro atoms. The minimum absolute atomic E-state index is 0.447. The topological polar surface area (TPSA) is 12.5 Å². The summed E-state index contributed by atoms with van der Waals surface area (Å²) >= 11 is 0. The molecule has 0 aromatic carbocycles. The van der Waals surface area contributed by atoms with E-state index in [0.717, 1.165) is 13.2 Å². The van der Waals surface area contributed by atoms with Gasteiger partial charge in [-0.15, -0.1) is 0 Å². The fourth-order valence-electron chi connectivity index (χ4n) is 1.42. The monoisotopic (exact) mass is 157 g/mol. The van der Waals surface area contributed by atoms with Gasteiger partial charge in [-0.1, -0.05) is 13.8 Å². The number of rotatable bonds is 1. The predicted octanol–water partition coefficient (Wildman–Crippen LogP) is 1.36. The van der Waals surface area contributed by atoms with Gasteiger partial charge in [0.1, 0.15) is 0 Å². The molecule has 66 valence electrons. The standard InChI is InChI=1S/C9H19NO/c1-8(2)9-7-10(3)5-4-6-11-9/h8-9H,4-7H2,1-3H3/t9-/m1/s1. The molecule has 0 aliphatic carbocycles. The van der Waals surface area contributed by atoms with Gasteiger partial charge in [-0.05, 0) is 19.4 Å². The van der Waals surface area contributed by atoms with Crippen molar-refractivity contribution < 1.29 is 4.74 Å². The van der Waals surface area contributed by atoms with Gasteiger partial charge in [-0.3, -0.25) is 0 Å². The summed E-state index contributed by atoms with van der Waals surface area (Å²) in [6, 6.07) is 0. The van der Waals surface area contributed by atoms with Crippen LogP contribution in [0, 0.1) is 5.92 Å². The highest BCUT2D eigenvalue weighted by atomic mass is 16.5. The minimum Gasteiger partial charge on any atom is -0.377 e. The average molecular weight is 157 g/mol. The SMILES string of the molecule is CC(C)[C@H]1CN(C)CCCO1. The maximum Gasteiger partial charge on any atom is 0.0724 e. The molecule has 1 aliphatic heterocycles. The van der Waals surface area contributed by atoms with Crippen LogP contribution in [-0.4, -0.2) is 37.7 Å². The first-order valence-electron chi connectivity index (χ1n) is 4.50. The lowest BCUT2D eigenvalue weighted by Crippen LogP contribution is -2.31. The molecule has 11 heavy (non-hydrogen) atoms. The first-order chi connectivity index (χ1) is 5.20. The maximum absolute atomic E-state index is 5.69. The van der Waals surface area contributed by atoms with E-state index in [4.69, 9.17) is 4.74 Å². The van der Waals surface area contributed by atoms with Gasteiger partial charge in [-0.25, -0.2) is 0 Å². The van der Waals surface area contributed by atoms with Gasteiger partial charge >= 0.3 is 0 Å². The highest BCUT2D eigenvalue weighted by molar-refractivity contribution is 4.69. The summed E-state index contributed by atoms with van der Waals surface area (Å²) in [7, 11) is 2.17. The Morgan fingerprint density at radius 3 is 2.82 bits per heavy atom. The lowest BCUT2D eigenvalue weighted by Gasteiger charge is -2.22. The fourth-order valence-corrected chi connectivity index (χ4v) is 1.42. The largest absolute Gasteiger partial charge is 0.377 e. The van der Waals surface area contributed by atoms with Crippen LogP contribution in [0.1, 0.15) is 20.3 Å². The second kappa shape index (κ2) is 4.07. The maximum atomic E-state index is 5.69. The highest BCUT2D eigenvalue weighted by Crippen LogP contribution is 2.11. The van der Waals surface area contributed by atoms with Crippen molar-refractivity contribution in [1.29, 1.82) is 0 Å². The van der Waals surface area contributed by atoms with Gasteiger partial charge in [0.2, 0.25) is 0 Å². The fraction of sp³-hybridized carbons (Fsp3) is 1.00. The third-order valence-electron chi connectivity index (χ3n) is 2.25. The number of nitrogens with zero attached hydrogens (tertiary/aromatic N) is 1. The first-order valence-corrected chi connectivity index (χ1v) is 4.50. The summed E-state index contributed by atoms with van der Waals surface area (Å²) in [6.07, 6.45) is 1.63. The van der Waals surface area contributed by atoms with E-state index in [9.17, 15) is 0 Å². The summed E-state index contributed by atoms with van der Waals surface area (Å²) in [5, 5.41) is 0. The number of hydrogen-bond donors (Lipinski definition) is 0. The van der Waals surface area contributed by atoms with E-state index in [1.807, 2.05) is 0 Å². The Labute approximate surface area is 69.5 Å². The Kier molecular flexibility index (Phi) is 3.34. The normalized spacial score (nSPS) is 28.9. The smallest absolute Gasteiger partial charge is 0.0724 e. The van der Waals surface area contributed by atoms with Gasteiger partial charge in [0.05, 0.1) is 6.10 Å². The molecule has 0 N–H and O–H groups in total. The molecule has 0 amide bonds. The second-order valence-corrected chi connectivity index (χ2v) is 3.77. The van der Waals surface area contributed by atoms with Gasteiger partial charge in [0.15, 0.2) is 0 Å². The molecule has 0 radical (unpaired) electrons. The molecule has 1 fully saturated rings. The molecular weight excluding hydrogens is 138 g/mol. The van der Waals surface area contributed by atoms with E-state index in [-0.39, 0.29) is 0 Å². The molecule has 1 aliphatic rings. The summed E-state index contributed by atoms with van der Waals surface area (Å²) in [5.41, 5.74) is 0. The summed E-state index contributed by atoms with van der Waals surface area (Å²) in [6.45, 7) is 7.67. The number of ether oxygens (including phenoxy) is 1. The van der Waals surface area contributed by atoms with Crippen LogP contribution in [0.4, 0.5) is 0 Å². The molecular formula is C9H19NO. The van der Waals surface area contributed by atoms with Crippen LogP contribution >= 0.6 is 0 Å². The van der Waals surface area contributed by atoms with E-state index in [2.05, 4.69) is 25.8 Å². The Morgan fingerprint density at radius 2 is 2.18 bits per heavy atom. The van der Waals surface area contributed by atoms with E-state index < -0.39 is 0 Å². The van der Waals surface area contributed by atoms with Crippen LogP contribution in [0.15, 0.2) is 0 Å². The van der Waals surface area contributed by atoms with Crippen molar-refractivity contribution in [3.63, 3.8) is 0 Å². The molecule has 1 heterocycles. The zero-order valence-corrected chi connectivity index (χ0v) is 7.84. The van der Waals surface area contributed by atoms with Crippen molar-refractivity contribution in [3.05, 3.63) is 0 Å². The van der Waals surface area contributed by atoms with Gasteiger partial charge < -0.3 is 9.64 Å². The van der Waals surface area contributed by atoms with Gasteiger partial charge in [0.25, 0.3) is 0 Å². The van der Waals surface area contributed by atoms with Crippen LogP contribution in [-0.2, 0) is 4.74 Å². The zero-order valence-electron chi connectivity index (χ0n) is 7.84. The third kappa shape index (κ3) is 2.80. The average Bonchev–Trinajstić information content (AvgIpc) is 2.13. The summed E-state index contributed by atoms with van der Waals surface area (Å²) in [5.74, 6) is 0.649. The Balaban J connectivity index is 2.39. The lowest BCUT2D eigenvalue weighted by molar-refractivity contribution is 0.0258. The van der Waals surface area contributed by atoms with E-state index >= 15 is 0 Å². The molecule has 2 heteroatoms. The number of hydrogen-bond acceptors (Lipinski definition) is 2.